The lowest BCUT2D eigenvalue weighted by molar-refractivity contribution is 0.0932. The first-order chi connectivity index (χ1) is 9.32. The molecule has 7 heteroatoms. The van der Waals surface area contributed by atoms with E-state index in [-0.39, 0.29) is 29.3 Å². The molecule has 0 saturated heterocycles. The molecule has 1 saturated carbocycles. The molecule has 1 amide bonds. The number of carbonyl (C=O) groups is 1. The van der Waals surface area contributed by atoms with Crippen LogP contribution in [0.3, 0.4) is 0 Å². The summed E-state index contributed by atoms with van der Waals surface area (Å²) in [5, 5.41) is 2.91. The van der Waals surface area contributed by atoms with E-state index in [9.17, 15) is 13.2 Å². The summed E-state index contributed by atoms with van der Waals surface area (Å²) < 4.78 is 23.1. The van der Waals surface area contributed by atoms with Crippen LogP contribution in [0.15, 0.2) is 23.1 Å². The number of nitrogens with two attached hydrogens (primary N) is 1. The smallest absolute Gasteiger partial charge is 0.251 e. The second-order valence-electron chi connectivity index (χ2n) is 5.40. The number of aryl methyl sites for hydroxylation is 1. The van der Waals surface area contributed by atoms with Crippen LogP contribution in [0.1, 0.15) is 28.8 Å². The molecule has 1 aliphatic carbocycles. The van der Waals surface area contributed by atoms with E-state index in [1.165, 1.54) is 12.1 Å². The summed E-state index contributed by atoms with van der Waals surface area (Å²) in [6, 6.07) is 4.58. The van der Waals surface area contributed by atoms with Crippen molar-refractivity contribution in [1.29, 1.82) is 0 Å². The average Bonchev–Trinajstić information content (AvgIpc) is 3.19. The molecule has 1 aliphatic rings. The minimum Gasteiger partial charge on any atom is -0.348 e. The molecule has 118 valence electrons. The van der Waals surface area contributed by atoms with E-state index in [0.717, 1.165) is 24.7 Å². The lowest BCUT2D eigenvalue weighted by atomic mass is 10.1. The molecule has 0 heterocycles. The average molecular weight is 333 g/mol. The van der Waals surface area contributed by atoms with Crippen LogP contribution >= 0.6 is 12.4 Å². The molecule has 21 heavy (non-hydrogen) atoms. The van der Waals surface area contributed by atoms with Gasteiger partial charge in [0.2, 0.25) is 0 Å². The standard InChI is InChI=1S/C14H20N2O3S.ClH/c1-9-3-6-11(20(2,18)19)7-12(9)14(17)16-13(8-15)10-4-5-10;/h3,6-7,10,13H,4-5,8,15H2,1-2H3,(H,16,17);1H. The summed E-state index contributed by atoms with van der Waals surface area (Å²) in [6.45, 7) is 2.19. The maximum absolute atomic E-state index is 12.3. The van der Waals surface area contributed by atoms with Crippen molar-refractivity contribution in [3.05, 3.63) is 29.3 Å². The Balaban J connectivity index is 0.00000220. The highest BCUT2D eigenvalue weighted by Gasteiger charge is 2.31. The minimum atomic E-state index is -3.32. The molecule has 1 unspecified atom stereocenters. The normalized spacial score (nSPS) is 16.0. The van der Waals surface area contributed by atoms with Gasteiger partial charge in [0.15, 0.2) is 9.84 Å². The molecular weight excluding hydrogens is 312 g/mol. The molecule has 2 rings (SSSR count). The van der Waals surface area contributed by atoms with Crippen molar-refractivity contribution in [3.8, 4) is 0 Å². The van der Waals surface area contributed by atoms with E-state index < -0.39 is 9.84 Å². The quantitative estimate of drug-likeness (QED) is 0.850. The Morgan fingerprint density at radius 2 is 2.05 bits per heavy atom. The molecule has 0 aromatic heterocycles. The number of halogens is 1. The van der Waals surface area contributed by atoms with Crippen LogP contribution in [-0.2, 0) is 9.84 Å². The number of nitrogens with one attached hydrogen (secondary N) is 1. The van der Waals surface area contributed by atoms with E-state index in [0.29, 0.717) is 18.0 Å². The van der Waals surface area contributed by atoms with Crippen LogP contribution in [-0.4, -0.2) is 33.2 Å². The fourth-order valence-electron chi connectivity index (χ4n) is 2.19. The van der Waals surface area contributed by atoms with Gasteiger partial charge >= 0.3 is 0 Å². The van der Waals surface area contributed by atoms with Gasteiger partial charge in [0.25, 0.3) is 5.91 Å². The fourth-order valence-corrected chi connectivity index (χ4v) is 2.84. The number of benzene rings is 1. The Morgan fingerprint density at radius 1 is 1.43 bits per heavy atom. The molecule has 0 bridgehead atoms. The number of sulfone groups is 1. The van der Waals surface area contributed by atoms with Gasteiger partial charge in [-0.05, 0) is 43.4 Å². The van der Waals surface area contributed by atoms with Gasteiger partial charge in [-0.3, -0.25) is 4.79 Å². The van der Waals surface area contributed by atoms with E-state index in [1.54, 1.807) is 13.0 Å². The SMILES string of the molecule is Cc1ccc(S(C)(=O)=O)cc1C(=O)NC(CN)C1CC1.Cl. The Labute approximate surface area is 131 Å². The van der Waals surface area contributed by atoms with E-state index in [2.05, 4.69) is 5.32 Å². The number of hydrogen-bond donors (Lipinski definition) is 2. The molecule has 1 aromatic carbocycles. The van der Waals surface area contributed by atoms with Gasteiger partial charge in [-0.25, -0.2) is 8.42 Å². The summed E-state index contributed by atoms with van der Waals surface area (Å²) in [5.74, 6) is 0.206. The van der Waals surface area contributed by atoms with E-state index in [1.807, 2.05) is 0 Å². The van der Waals surface area contributed by atoms with Crippen LogP contribution in [0.4, 0.5) is 0 Å². The van der Waals surface area contributed by atoms with Crippen LogP contribution in [0.25, 0.3) is 0 Å². The Morgan fingerprint density at radius 3 is 2.52 bits per heavy atom. The number of hydrogen-bond acceptors (Lipinski definition) is 4. The highest BCUT2D eigenvalue weighted by molar-refractivity contribution is 7.90. The fraction of sp³-hybridized carbons (Fsp3) is 0.500. The van der Waals surface area contributed by atoms with Gasteiger partial charge in [-0.2, -0.15) is 0 Å². The Hall–Kier alpha value is -1.11. The molecule has 0 spiro atoms. The zero-order valence-electron chi connectivity index (χ0n) is 12.1. The molecule has 0 aliphatic heterocycles. The topological polar surface area (TPSA) is 89.3 Å². The summed E-state index contributed by atoms with van der Waals surface area (Å²) >= 11 is 0. The molecule has 1 aromatic rings. The monoisotopic (exact) mass is 332 g/mol. The summed E-state index contributed by atoms with van der Waals surface area (Å²) in [4.78, 5) is 12.4. The summed E-state index contributed by atoms with van der Waals surface area (Å²) in [5.41, 5.74) is 6.81. The van der Waals surface area contributed by atoms with Crippen molar-refractivity contribution in [2.75, 3.05) is 12.8 Å². The first-order valence-corrected chi connectivity index (χ1v) is 8.53. The van der Waals surface area contributed by atoms with Crippen LogP contribution in [0, 0.1) is 12.8 Å². The van der Waals surface area contributed by atoms with Crippen molar-refractivity contribution < 1.29 is 13.2 Å². The largest absolute Gasteiger partial charge is 0.348 e. The molecule has 3 N–H and O–H groups in total. The Bertz CT molecular complexity index is 627. The molecule has 5 nitrogen and oxygen atoms in total. The zero-order chi connectivity index (χ0) is 14.9. The third kappa shape index (κ3) is 4.43. The van der Waals surface area contributed by atoms with Crippen molar-refractivity contribution in [3.63, 3.8) is 0 Å². The summed E-state index contributed by atoms with van der Waals surface area (Å²) in [7, 11) is -3.32. The van der Waals surface area contributed by atoms with Gasteiger partial charge in [0, 0.05) is 24.4 Å². The number of rotatable bonds is 5. The molecule has 1 atom stereocenters. The van der Waals surface area contributed by atoms with Crippen LogP contribution in [0.2, 0.25) is 0 Å². The maximum atomic E-state index is 12.3. The predicted octanol–water partition coefficient (Wildman–Crippen LogP) is 1.29. The lowest BCUT2D eigenvalue weighted by Crippen LogP contribution is -2.42. The third-order valence-corrected chi connectivity index (χ3v) is 4.75. The van der Waals surface area contributed by atoms with Crippen molar-refractivity contribution in [2.45, 2.75) is 30.7 Å². The van der Waals surface area contributed by atoms with E-state index >= 15 is 0 Å². The highest BCUT2D eigenvalue weighted by Crippen LogP contribution is 2.32. The third-order valence-electron chi connectivity index (χ3n) is 3.64. The predicted molar refractivity (Wildman–Crippen MR) is 84.6 cm³/mol. The van der Waals surface area contributed by atoms with E-state index in [4.69, 9.17) is 5.73 Å². The van der Waals surface area contributed by atoms with Gasteiger partial charge in [-0.1, -0.05) is 6.07 Å². The highest BCUT2D eigenvalue weighted by atomic mass is 35.5. The van der Waals surface area contributed by atoms with Crippen LogP contribution < -0.4 is 11.1 Å². The minimum absolute atomic E-state index is 0. The lowest BCUT2D eigenvalue weighted by Gasteiger charge is -2.17. The van der Waals surface area contributed by atoms with Gasteiger partial charge in [0.05, 0.1) is 4.90 Å². The van der Waals surface area contributed by atoms with Gasteiger partial charge < -0.3 is 11.1 Å². The number of amides is 1. The maximum Gasteiger partial charge on any atom is 0.251 e. The molecule has 0 radical (unpaired) electrons. The second kappa shape index (κ2) is 6.77. The first-order valence-electron chi connectivity index (χ1n) is 6.64. The van der Waals surface area contributed by atoms with Crippen molar-refractivity contribution in [2.24, 2.45) is 11.7 Å². The van der Waals surface area contributed by atoms with Crippen LogP contribution in [0.5, 0.6) is 0 Å². The zero-order valence-corrected chi connectivity index (χ0v) is 13.8. The Kier molecular flexibility index (Phi) is 5.78. The molecule has 1 fully saturated rings. The van der Waals surface area contributed by atoms with Gasteiger partial charge in [-0.15, -0.1) is 12.4 Å². The first kappa shape index (κ1) is 17.9. The van der Waals surface area contributed by atoms with Crippen molar-refractivity contribution in [1.82, 2.24) is 5.32 Å². The summed E-state index contributed by atoms with van der Waals surface area (Å²) in [6.07, 6.45) is 3.31. The second-order valence-corrected chi connectivity index (χ2v) is 7.42. The van der Waals surface area contributed by atoms with Crippen molar-refractivity contribution >= 4 is 28.2 Å². The number of carbonyl (C=O) groups excluding carboxylic acids is 1. The molecular formula is C14H21ClN2O3S. The van der Waals surface area contributed by atoms with Gasteiger partial charge in [0.1, 0.15) is 0 Å².